The van der Waals surface area contributed by atoms with Crippen molar-refractivity contribution in [3.63, 3.8) is 0 Å². The Labute approximate surface area is 125 Å². The maximum Gasteiger partial charge on any atom is 0.155 e. The zero-order valence-electron chi connectivity index (χ0n) is 12.7. The van der Waals surface area contributed by atoms with E-state index in [-0.39, 0.29) is 17.1 Å². The Kier molecular flexibility index (Phi) is 2.79. The van der Waals surface area contributed by atoms with Gasteiger partial charge in [0.05, 0.1) is 5.60 Å². The average Bonchev–Trinajstić information content (AvgIpc) is 2.76. The van der Waals surface area contributed by atoms with E-state index in [1.54, 1.807) is 6.08 Å². The number of rotatable bonds is 0. The molecular weight excluding hydrogens is 264 g/mol. The minimum Gasteiger partial charge on any atom is -0.385 e. The highest BCUT2D eigenvalue weighted by Crippen LogP contribution is 2.61. The molecule has 0 saturated heterocycles. The summed E-state index contributed by atoms with van der Waals surface area (Å²) < 4.78 is 0. The van der Waals surface area contributed by atoms with Crippen molar-refractivity contribution in [2.75, 3.05) is 0 Å². The van der Waals surface area contributed by atoms with E-state index in [1.807, 2.05) is 0 Å². The summed E-state index contributed by atoms with van der Waals surface area (Å²) >= 11 is 0. The molecule has 3 nitrogen and oxygen atoms in total. The van der Waals surface area contributed by atoms with E-state index in [0.29, 0.717) is 30.5 Å². The lowest BCUT2D eigenvalue weighted by atomic mass is 9.51. The maximum absolute atomic E-state index is 12.3. The van der Waals surface area contributed by atoms with Gasteiger partial charge in [0.15, 0.2) is 5.78 Å². The third-order valence-electron chi connectivity index (χ3n) is 7.15. The van der Waals surface area contributed by atoms with Gasteiger partial charge in [0.25, 0.3) is 0 Å². The summed E-state index contributed by atoms with van der Waals surface area (Å²) in [4.78, 5) is 24.0. The molecule has 0 amide bonds. The minimum atomic E-state index is -0.760. The van der Waals surface area contributed by atoms with Crippen molar-refractivity contribution in [2.24, 2.45) is 23.2 Å². The summed E-state index contributed by atoms with van der Waals surface area (Å²) in [7, 11) is 0. The van der Waals surface area contributed by atoms with Crippen molar-refractivity contribution in [3.8, 4) is 0 Å². The van der Waals surface area contributed by atoms with E-state index >= 15 is 0 Å². The van der Waals surface area contributed by atoms with E-state index in [0.717, 1.165) is 44.1 Å². The Bertz CT molecular complexity index is 549. The molecule has 4 aliphatic carbocycles. The van der Waals surface area contributed by atoms with Gasteiger partial charge in [0, 0.05) is 18.3 Å². The summed E-state index contributed by atoms with van der Waals surface area (Å²) in [6, 6.07) is 0. The van der Waals surface area contributed by atoms with Gasteiger partial charge < -0.3 is 5.11 Å². The van der Waals surface area contributed by atoms with Crippen molar-refractivity contribution in [2.45, 2.75) is 63.9 Å². The zero-order valence-corrected chi connectivity index (χ0v) is 12.7. The molecule has 0 spiro atoms. The first-order valence-corrected chi connectivity index (χ1v) is 8.45. The van der Waals surface area contributed by atoms with Gasteiger partial charge in [-0.05, 0) is 67.9 Å². The number of carbonyl (C=O) groups is 2. The smallest absolute Gasteiger partial charge is 0.155 e. The third kappa shape index (κ3) is 1.70. The summed E-state index contributed by atoms with van der Waals surface area (Å²) in [5.74, 6) is 1.79. The SMILES string of the molecule is C[C@@]12CC[C@@H]3[C@@H](CCC4=CC(=O)CC[C@@]43O)[C@@H]1CCC2=O. The number of fused-ring (bicyclic) bond motifs is 5. The lowest BCUT2D eigenvalue weighted by Crippen LogP contribution is -2.55. The van der Waals surface area contributed by atoms with Gasteiger partial charge in [-0.25, -0.2) is 0 Å². The minimum absolute atomic E-state index is 0.136. The Morgan fingerprint density at radius 2 is 1.86 bits per heavy atom. The van der Waals surface area contributed by atoms with Crippen LogP contribution in [0.2, 0.25) is 0 Å². The van der Waals surface area contributed by atoms with Gasteiger partial charge in [-0.1, -0.05) is 6.92 Å². The zero-order chi connectivity index (χ0) is 14.8. The molecule has 0 bridgehead atoms. The molecule has 0 aliphatic heterocycles. The molecule has 0 aromatic carbocycles. The van der Waals surface area contributed by atoms with Crippen LogP contribution in [0.15, 0.2) is 11.6 Å². The number of Topliss-reactive ketones (excluding diaryl/α,β-unsaturated/α-hetero) is 1. The molecule has 0 heterocycles. The van der Waals surface area contributed by atoms with Gasteiger partial charge in [-0.2, -0.15) is 0 Å². The highest BCUT2D eigenvalue weighted by Gasteiger charge is 2.59. The van der Waals surface area contributed by atoms with Crippen LogP contribution in [-0.2, 0) is 9.59 Å². The monoisotopic (exact) mass is 288 g/mol. The highest BCUT2D eigenvalue weighted by atomic mass is 16.3. The Balaban J connectivity index is 1.70. The fourth-order valence-corrected chi connectivity index (χ4v) is 5.95. The van der Waals surface area contributed by atoms with Gasteiger partial charge in [0.1, 0.15) is 5.78 Å². The van der Waals surface area contributed by atoms with Crippen LogP contribution in [0.3, 0.4) is 0 Å². The topological polar surface area (TPSA) is 54.4 Å². The van der Waals surface area contributed by atoms with Crippen LogP contribution in [-0.4, -0.2) is 22.3 Å². The van der Waals surface area contributed by atoms with Crippen molar-refractivity contribution in [1.82, 2.24) is 0 Å². The second kappa shape index (κ2) is 4.28. The molecule has 0 aromatic rings. The standard InChI is InChI=1S/C18H24O3/c1-17-8-7-15-13(14(17)4-5-16(17)20)3-2-11-10-12(19)6-9-18(11,15)21/h10,13-15,21H,2-9H2,1H3/t13-,14-,15+,17+,18+/m0/s1. The van der Waals surface area contributed by atoms with E-state index in [4.69, 9.17) is 0 Å². The second-order valence-corrected chi connectivity index (χ2v) is 7.89. The molecule has 3 saturated carbocycles. The van der Waals surface area contributed by atoms with Crippen LogP contribution in [0.5, 0.6) is 0 Å². The molecule has 114 valence electrons. The molecule has 0 unspecified atom stereocenters. The molecule has 4 aliphatic rings. The predicted molar refractivity (Wildman–Crippen MR) is 78.6 cm³/mol. The Hall–Kier alpha value is -0.960. The lowest BCUT2D eigenvalue weighted by molar-refractivity contribution is -0.138. The number of ketones is 2. The number of hydrogen-bond acceptors (Lipinski definition) is 3. The molecule has 1 N–H and O–H groups in total. The number of hydrogen-bond donors (Lipinski definition) is 1. The van der Waals surface area contributed by atoms with E-state index < -0.39 is 5.60 Å². The number of carbonyl (C=O) groups excluding carboxylic acids is 2. The van der Waals surface area contributed by atoms with E-state index in [9.17, 15) is 14.7 Å². The fourth-order valence-electron chi connectivity index (χ4n) is 5.95. The first-order valence-electron chi connectivity index (χ1n) is 8.45. The lowest BCUT2D eigenvalue weighted by Gasteiger charge is -2.55. The molecule has 3 fully saturated rings. The van der Waals surface area contributed by atoms with E-state index in [1.165, 1.54) is 0 Å². The Morgan fingerprint density at radius 3 is 2.67 bits per heavy atom. The van der Waals surface area contributed by atoms with Gasteiger partial charge >= 0.3 is 0 Å². The Morgan fingerprint density at radius 1 is 1.05 bits per heavy atom. The van der Waals surface area contributed by atoms with Gasteiger partial charge in [-0.15, -0.1) is 0 Å². The van der Waals surface area contributed by atoms with Crippen molar-refractivity contribution >= 4 is 11.6 Å². The maximum atomic E-state index is 12.3. The first kappa shape index (κ1) is 13.7. The molecule has 4 rings (SSSR count). The van der Waals surface area contributed by atoms with Crippen molar-refractivity contribution in [1.29, 1.82) is 0 Å². The average molecular weight is 288 g/mol. The fraction of sp³-hybridized carbons (Fsp3) is 0.778. The normalized spacial score (nSPS) is 49.2. The predicted octanol–water partition coefficient (Wildman–Crippen LogP) is 2.81. The molecule has 0 radical (unpaired) electrons. The van der Waals surface area contributed by atoms with Crippen LogP contribution in [0.25, 0.3) is 0 Å². The van der Waals surface area contributed by atoms with Crippen LogP contribution in [0, 0.1) is 23.2 Å². The second-order valence-electron chi connectivity index (χ2n) is 7.89. The van der Waals surface area contributed by atoms with Crippen LogP contribution in [0.4, 0.5) is 0 Å². The summed E-state index contributed by atoms with van der Waals surface area (Å²) in [6.07, 6.45) is 8.25. The van der Waals surface area contributed by atoms with Crippen LogP contribution in [0.1, 0.15) is 58.3 Å². The van der Waals surface area contributed by atoms with Gasteiger partial charge in [-0.3, -0.25) is 9.59 Å². The van der Waals surface area contributed by atoms with Crippen molar-refractivity contribution < 1.29 is 14.7 Å². The van der Waals surface area contributed by atoms with Crippen LogP contribution >= 0.6 is 0 Å². The summed E-state index contributed by atoms with van der Waals surface area (Å²) in [6.45, 7) is 2.16. The van der Waals surface area contributed by atoms with Gasteiger partial charge in [0.2, 0.25) is 0 Å². The molecule has 21 heavy (non-hydrogen) atoms. The third-order valence-corrected chi connectivity index (χ3v) is 7.15. The molecule has 3 heteroatoms. The largest absolute Gasteiger partial charge is 0.385 e. The summed E-state index contributed by atoms with van der Waals surface area (Å²) in [5.41, 5.74) is 0.0838. The van der Waals surface area contributed by atoms with Crippen molar-refractivity contribution in [3.05, 3.63) is 11.6 Å². The molecule has 0 aromatic heterocycles. The molecular formula is C18H24O3. The van der Waals surface area contributed by atoms with Crippen LogP contribution < -0.4 is 0 Å². The summed E-state index contributed by atoms with van der Waals surface area (Å²) in [5, 5.41) is 11.3. The quantitative estimate of drug-likeness (QED) is 0.745. The first-order chi connectivity index (χ1) is 9.95. The van der Waals surface area contributed by atoms with E-state index in [2.05, 4.69) is 6.92 Å². The molecule has 5 atom stereocenters. The highest BCUT2D eigenvalue weighted by molar-refractivity contribution is 5.92. The number of aliphatic hydroxyl groups is 1.